The van der Waals surface area contributed by atoms with Crippen molar-refractivity contribution in [1.29, 1.82) is 0 Å². The van der Waals surface area contributed by atoms with Gasteiger partial charge >= 0.3 is 22.4 Å². The monoisotopic (exact) mass is 756 g/mol. The highest BCUT2D eigenvalue weighted by Gasteiger charge is 2.23. The van der Waals surface area contributed by atoms with Gasteiger partial charge in [-0.3, -0.25) is 4.55 Å². The van der Waals surface area contributed by atoms with Crippen LogP contribution in [0, 0.1) is 6.92 Å². The minimum Gasteiger partial charge on any atom is -0.505 e. The number of hydrogen-bond donors (Lipinski definition) is 6. The third-order valence-corrected chi connectivity index (χ3v) is 8.76. The van der Waals surface area contributed by atoms with Crippen molar-refractivity contribution >= 4 is 72.0 Å². The summed E-state index contributed by atoms with van der Waals surface area (Å²) in [6, 6.07) is 14.0. The highest BCUT2D eigenvalue weighted by atomic mass is 32.3. The molecule has 7 N–H and O–H groups in total. The van der Waals surface area contributed by atoms with E-state index in [0.717, 1.165) is 23.8 Å². The molecule has 22 heteroatoms. The summed E-state index contributed by atoms with van der Waals surface area (Å²) in [6.45, 7) is 1.02. The zero-order valence-electron chi connectivity index (χ0n) is 26.9. The number of sulfone groups is 1. The van der Waals surface area contributed by atoms with Gasteiger partial charge in [-0.2, -0.15) is 18.6 Å². The van der Waals surface area contributed by atoms with Gasteiger partial charge in [0.1, 0.15) is 28.6 Å². The number of aromatic carboxylic acids is 1. The van der Waals surface area contributed by atoms with Gasteiger partial charge in [-0.05, 0) is 55.5 Å². The van der Waals surface area contributed by atoms with E-state index >= 15 is 0 Å². The molecular formula is C30H28N8O12S2. The van der Waals surface area contributed by atoms with E-state index in [1.807, 2.05) is 6.92 Å². The van der Waals surface area contributed by atoms with Crippen molar-refractivity contribution in [2.75, 3.05) is 24.8 Å². The van der Waals surface area contributed by atoms with Crippen LogP contribution >= 0.6 is 0 Å². The molecule has 4 aromatic rings. The number of primary amides is 1. The van der Waals surface area contributed by atoms with Crippen LogP contribution in [-0.4, -0.2) is 68.2 Å². The van der Waals surface area contributed by atoms with E-state index in [1.54, 1.807) is 24.3 Å². The molecule has 0 aliphatic carbocycles. The predicted molar refractivity (Wildman–Crippen MR) is 183 cm³/mol. The minimum atomic E-state index is -4.84. The van der Waals surface area contributed by atoms with E-state index in [1.165, 1.54) is 31.4 Å². The maximum atomic E-state index is 12.6. The Morgan fingerprint density at radius 1 is 0.808 bits per heavy atom. The number of nitrogens with zero attached hydrogens (tertiary/aromatic N) is 6. The molecule has 0 aliphatic heterocycles. The topological polar surface area (TPSA) is 314 Å². The molecule has 0 spiro atoms. The Labute approximate surface area is 294 Å². The van der Waals surface area contributed by atoms with Crippen molar-refractivity contribution < 1.29 is 55.2 Å². The number of urea groups is 1. The molecule has 0 aromatic heterocycles. The van der Waals surface area contributed by atoms with Crippen molar-refractivity contribution in [2.24, 2.45) is 36.4 Å². The first-order valence-corrected chi connectivity index (χ1v) is 17.4. The van der Waals surface area contributed by atoms with E-state index in [-0.39, 0.29) is 33.4 Å². The maximum Gasteiger partial charge on any atom is 0.397 e. The number of methoxy groups -OCH3 is 1. The number of phenols is 2. The number of amides is 2. The number of carboxylic acid groups (broad SMARTS) is 1. The van der Waals surface area contributed by atoms with Gasteiger partial charge in [0.2, 0.25) is 0 Å². The number of nitrogens with two attached hydrogens (primary N) is 1. The number of rotatable bonds is 14. The number of aromatic hydroxyl groups is 2. The molecule has 4 rings (SSSR count). The Hall–Kier alpha value is -6.36. The van der Waals surface area contributed by atoms with Crippen LogP contribution in [-0.2, 0) is 24.4 Å². The molecule has 4 aromatic carbocycles. The summed E-state index contributed by atoms with van der Waals surface area (Å²) >= 11 is 0. The highest BCUT2D eigenvalue weighted by molar-refractivity contribution is 7.91. The normalized spacial score (nSPS) is 12.1. The second kappa shape index (κ2) is 16.1. The lowest BCUT2D eigenvalue weighted by atomic mass is 10.1. The van der Waals surface area contributed by atoms with Gasteiger partial charge in [-0.1, -0.05) is 17.7 Å². The fraction of sp³-hybridized carbons (Fsp3) is 0.133. The Morgan fingerprint density at radius 3 is 2.06 bits per heavy atom. The highest BCUT2D eigenvalue weighted by Crippen LogP contribution is 2.47. The number of aryl methyl sites for hydroxylation is 1. The van der Waals surface area contributed by atoms with Crippen LogP contribution in [0.5, 0.6) is 17.2 Å². The lowest BCUT2D eigenvalue weighted by Crippen LogP contribution is -2.19. The molecule has 2 amide bonds. The predicted octanol–water partition coefficient (Wildman–Crippen LogP) is 6.44. The smallest absolute Gasteiger partial charge is 0.397 e. The third kappa shape index (κ3) is 10.1. The van der Waals surface area contributed by atoms with Gasteiger partial charge in [-0.25, -0.2) is 22.2 Å². The number of benzene rings is 4. The number of hydrogen-bond acceptors (Lipinski definition) is 16. The van der Waals surface area contributed by atoms with E-state index in [4.69, 9.17) is 15.0 Å². The molecule has 0 aliphatic rings. The molecule has 20 nitrogen and oxygen atoms in total. The van der Waals surface area contributed by atoms with Gasteiger partial charge in [-0.15, -0.1) is 20.5 Å². The molecule has 0 bridgehead atoms. The summed E-state index contributed by atoms with van der Waals surface area (Å²) in [6.07, 6.45) is 0. The first-order chi connectivity index (χ1) is 24.5. The SMILES string of the molecule is COc1cc(S(=O)(=O)CCOS(=O)(=O)O)ccc1N=Nc1ccc(N=Nc2c(O)cc(C(=O)O)c(N=Nc3ccc(C)cc3)c2O)cc1NC(N)=O. The molecule has 52 heavy (non-hydrogen) atoms. The zero-order valence-corrected chi connectivity index (χ0v) is 28.5. The molecule has 0 saturated carbocycles. The van der Waals surface area contributed by atoms with E-state index in [9.17, 15) is 41.7 Å². The lowest BCUT2D eigenvalue weighted by Gasteiger charge is -2.09. The number of nitrogens with one attached hydrogen (secondary N) is 1. The number of azo groups is 3. The Balaban J connectivity index is 1.64. The fourth-order valence-corrected chi connectivity index (χ4v) is 5.64. The van der Waals surface area contributed by atoms with Crippen molar-refractivity contribution in [3.63, 3.8) is 0 Å². The first kappa shape index (κ1) is 38.4. The Morgan fingerprint density at radius 2 is 1.42 bits per heavy atom. The minimum absolute atomic E-state index is 0.0224. The second-order valence-electron chi connectivity index (χ2n) is 10.3. The van der Waals surface area contributed by atoms with Crippen LogP contribution in [0.4, 0.5) is 44.6 Å². The summed E-state index contributed by atoms with van der Waals surface area (Å²) in [5, 5.41) is 57.0. The lowest BCUT2D eigenvalue weighted by molar-refractivity contribution is 0.0696. The van der Waals surface area contributed by atoms with Gasteiger partial charge in [0, 0.05) is 6.07 Å². The molecular weight excluding hydrogens is 729 g/mol. The van der Waals surface area contributed by atoms with Crippen molar-refractivity contribution in [3.8, 4) is 17.2 Å². The van der Waals surface area contributed by atoms with Crippen molar-refractivity contribution in [2.45, 2.75) is 11.8 Å². The maximum absolute atomic E-state index is 12.6. The van der Waals surface area contributed by atoms with Gasteiger partial charge in [0.25, 0.3) is 0 Å². The van der Waals surface area contributed by atoms with Crippen molar-refractivity contribution in [1.82, 2.24) is 0 Å². The molecule has 0 atom stereocenters. The average Bonchev–Trinajstić information content (AvgIpc) is 3.06. The molecule has 0 fully saturated rings. The summed E-state index contributed by atoms with van der Waals surface area (Å²) in [5.74, 6) is -3.93. The van der Waals surface area contributed by atoms with Gasteiger partial charge in [0.15, 0.2) is 21.3 Å². The van der Waals surface area contributed by atoms with E-state index in [2.05, 4.69) is 40.2 Å². The molecule has 272 valence electrons. The van der Waals surface area contributed by atoms with Gasteiger partial charge < -0.3 is 31.1 Å². The Bertz CT molecular complexity index is 2330. The van der Waals surface area contributed by atoms with Gasteiger partial charge in [0.05, 0.1) is 47.0 Å². The number of ether oxygens (including phenoxy) is 1. The van der Waals surface area contributed by atoms with Crippen LogP contribution in [0.3, 0.4) is 0 Å². The summed E-state index contributed by atoms with van der Waals surface area (Å²) in [4.78, 5) is 23.3. The number of phenolic OH excluding ortho intramolecular Hbond substituents is 2. The van der Waals surface area contributed by atoms with Crippen LogP contribution < -0.4 is 15.8 Å². The Kier molecular flexibility index (Phi) is 11.9. The molecule has 0 unspecified atom stereocenters. The van der Waals surface area contributed by atoms with Crippen LogP contribution in [0.1, 0.15) is 15.9 Å². The van der Waals surface area contributed by atoms with Crippen molar-refractivity contribution in [3.05, 3.63) is 77.9 Å². The van der Waals surface area contributed by atoms with Crippen LogP contribution in [0.2, 0.25) is 0 Å². The summed E-state index contributed by atoms with van der Waals surface area (Å²) in [7, 11) is -7.69. The largest absolute Gasteiger partial charge is 0.505 e. The number of carbonyl (C=O) groups is 2. The summed E-state index contributed by atoms with van der Waals surface area (Å²) in [5.41, 5.74) is 5.05. The van der Waals surface area contributed by atoms with E-state index in [0.29, 0.717) is 5.69 Å². The average molecular weight is 757 g/mol. The number of carbonyl (C=O) groups excluding carboxylic acids is 1. The second-order valence-corrected chi connectivity index (χ2v) is 13.5. The molecule has 0 saturated heterocycles. The third-order valence-electron chi connectivity index (χ3n) is 6.62. The number of anilines is 1. The molecule has 0 radical (unpaired) electrons. The number of carboxylic acids is 1. The zero-order chi connectivity index (χ0) is 38.2. The fourth-order valence-electron chi connectivity index (χ4n) is 4.14. The van der Waals surface area contributed by atoms with E-state index < -0.39 is 73.0 Å². The van der Waals surface area contributed by atoms with Crippen LogP contribution in [0.25, 0.3) is 0 Å². The van der Waals surface area contributed by atoms with Crippen LogP contribution in [0.15, 0.2) is 102 Å². The molecule has 0 heterocycles. The standard InChI is InChI=1S/C30H28N8O12S2/c1-16-3-5-17(6-4-16)33-37-26-20(29(41)42)15-24(39)27(28(26)40)38-34-18-7-9-21(23(13-18)32-30(31)43)35-36-22-10-8-19(14-25(22)49-2)51(44,45)12-11-50-52(46,47)48/h3-10,13-15,39-40H,11-12H2,1-2H3,(H,41,42)(H3,31,32,43)(H,46,47,48). The quantitative estimate of drug-likeness (QED) is 0.0598. The first-order valence-electron chi connectivity index (χ1n) is 14.3. The summed E-state index contributed by atoms with van der Waals surface area (Å²) < 4.78 is 64.6.